The highest BCUT2D eigenvalue weighted by atomic mass is 16.3. The van der Waals surface area contributed by atoms with Gasteiger partial charge in [0, 0.05) is 16.4 Å². The van der Waals surface area contributed by atoms with Gasteiger partial charge >= 0.3 is 0 Å². The van der Waals surface area contributed by atoms with Gasteiger partial charge in [0.25, 0.3) is 0 Å². The van der Waals surface area contributed by atoms with E-state index < -0.39 is 11.2 Å². The van der Waals surface area contributed by atoms with Gasteiger partial charge in [0.2, 0.25) is 0 Å². The molecule has 4 nitrogen and oxygen atoms in total. The third-order valence-electron chi connectivity index (χ3n) is 12.3. The molecule has 0 aliphatic heterocycles. The Bertz CT molecular complexity index is 1850. The molecule has 0 saturated heterocycles. The van der Waals surface area contributed by atoms with Crippen LogP contribution in [0.3, 0.4) is 0 Å². The second kappa shape index (κ2) is 19.3. The Morgan fingerprint density at radius 1 is 0.500 bits per heavy atom. The maximum atomic E-state index is 10.5. The molecule has 4 rings (SSSR count). The van der Waals surface area contributed by atoms with Gasteiger partial charge in [-0.2, -0.15) is 0 Å². The molecule has 0 amide bonds. The van der Waals surface area contributed by atoms with E-state index in [4.69, 9.17) is 0 Å². The lowest BCUT2D eigenvalue weighted by Gasteiger charge is -2.34. The summed E-state index contributed by atoms with van der Waals surface area (Å²) in [7, 11) is 0. The highest BCUT2D eigenvalue weighted by Gasteiger charge is 2.32. The van der Waals surface area contributed by atoms with Crippen molar-refractivity contribution >= 4 is 6.08 Å². The van der Waals surface area contributed by atoms with Crippen molar-refractivity contribution in [2.24, 2.45) is 0 Å². The summed E-state index contributed by atoms with van der Waals surface area (Å²) in [6, 6.07) is 28.3. The predicted octanol–water partition coefficient (Wildman–Crippen LogP) is 12.1. The normalized spacial score (nSPS) is 12.2. The third kappa shape index (κ3) is 10.1. The molecule has 0 atom stereocenters. The minimum absolute atomic E-state index is 0.0612. The highest BCUT2D eigenvalue weighted by Crippen LogP contribution is 2.41. The molecule has 0 unspecified atom stereocenters. The van der Waals surface area contributed by atoms with Gasteiger partial charge in [-0.1, -0.05) is 134 Å². The molecule has 4 aromatic rings. The average Bonchev–Trinajstić information content (AvgIpc) is 3.19. The van der Waals surface area contributed by atoms with Gasteiger partial charge in [0.05, 0.1) is 5.60 Å². The van der Waals surface area contributed by atoms with Crippen molar-refractivity contribution in [1.82, 2.24) is 0 Å². The van der Waals surface area contributed by atoms with Gasteiger partial charge in [-0.3, -0.25) is 0 Å². The number of phenols is 2. The summed E-state index contributed by atoms with van der Waals surface area (Å²) in [4.78, 5) is 0. The molecule has 4 N–H and O–H groups in total. The Kier molecular flexibility index (Phi) is 15.8. The molecule has 0 aromatic heterocycles. The lowest BCUT2D eigenvalue weighted by atomic mass is 9.70. The smallest absolute Gasteiger partial charge is 0.125 e. The van der Waals surface area contributed by atoms with E-state index in [1.165, 1.54) is 27.8 Å². The SMILES string of the molecule is CCC(O)(/C=C/c1ccc(C(CC)(CC)c2ccc(O)cc2)cc1C)CC.CCC(O)(C#Cc1ccc(C(CC)(CC)c2ccc(O)cc2)cc1C)CC. The molecule has 4 heteroatoms. The van der Waals surface area contributed by atoms with Crippen LogP contribution >= 0.6 is 0 Å². The summed E-state index contributed by atoms with van der Waals surface area (Å²) in [5, 5.41) is 40.2. The Labute approximate surface area is 327 Å². The van der Waals surface area contributed by atoms with Crippen LogP contribution in [-0.2, 0) is 10.8 Å². The predicted molar refractivity (Wildman–Crippen MR) is 228 cm³/mol. The molecule has 290 valence electrons. The number of hydrogen-bond donors (Lipinski definition) is 4. The first-order valence-electron chi connectivity index (χ1n) is 20.2. The van der Waals surface area contributed by atoms with Gasteiger partial charge < -0.3 is 20.4 Å². The fourth-order valence-electron chi connectivity index (χ4n) is 7.63. The van der Waals surface area contributed by atoms with Crippen LogP contribution < -0.4 is 0 Å². The molecule has 0 saturated carbocycles. The van der Waals surface area contributed by atoms with Crippen LogP contribution in [0, 0.1) is 25.7 Å². The van der Waals surface area contributed by atoms with Crippen LogP contribution in [0.4, 0.5) is 0 Å². The molecule has 0 fully saturated rings. The monoisotopic (exact) mass is 730 g/mol. The number of benzene rings is 4. The van der Waals surface area contributed by atoms with E-state index in [-0.39, 0.29) is 10.8 Å². The van der Waals surface area contributed by atoms with Crippen LogP contribution in [0.5, 0.6) is 11.5 Å². The van der Waals surface area contributed by atoms with Gasteiger partial charge in [-0.25, -0.2) is 0 Å². The van der Waals surface area contributed by atoms with E-state index in [2.05, 4.69) is 89.8 Å². The fraction of sp³-hybridized carbons (Fsp3) is 0.440. The first kappa shape index (κ1) is 44.1. The van der Waals surface area contributed by atoms with E-state index >= 15 is 0 Å². The number of aromatic hydroxyl groups is 2. The number of aliphatic hydroxyl groups is 2. The quantitative estimate of drug-likeness (QED) is 0.0974. The van der Waals surface area contributed by atoms with Crippen molar-refractivity contribution in [3.63, 3.8) is 0 Å². The summed E-state index contributed by atoms with van der Waals surface area (Å²) in [5.41, 5.74) is 7.68. The zero-order valence-corrected chi connectivity index (χ0v) is 34.7. The Balaban J connectivity index is 0.000000290. The summed E-state index contributed by atoms with van der Waals surface area (Å²) in [6.07, 6.45) is 10.6. The van der Waals surface area contributed by atoms with E-state index in [9.17, 15) is 20.4 Å². The molecular formula is C50H66O4. The minimum Gasteiger partial charge on any atom is -0.508 e. The molecule has 0 aliphatic rings. The molecule has 0 radical (unpaired) electrons. The number of phenolic OH excluding ortho intramolecular Hbond substituents is 2. The number of hydrogen-bond acceptors (Lipinski definition) is 4. The van der Waals surface area contributed by atoms with Gasteiger partial charge in [-0.15, -0.1) is 0 Å². The Morgan fingerprint density at radius 3 is 1.28 bits per heavy atom. The lowest BCUT2D eigenvalue weighted by molar-refractivity contribution is 0.0836. The molecule has 4 aromatic carbocycles. The van der Waals surface area contributed by atoms with Crippen molar-refractivity contribution in [3.8, 4) is 23.3 Å². The summed E-state index contributed by atoms with van der Waals surface area (Å²) >= 11 is 0. The van der Waals surface area contributed by atoms with Crippen molar-refractivity contribution in [2.75, 3.05) is 0 Å². The topological polar surface area (TPSA) is 80.9 Å². The largest absolute Gasteiger partial charge is 0.508 e. The second-order valence-electron chi connectivity index (χ2n) is 14.9. The summed E-state index contributed by atoms with van der Waals surface area (Å²) in [5.74, 6) is 6.83. The van der Waals surface area contributed by atoms with Crippen LogP contribution in [0.1, 0.15) is 151 Å². The van der Waals surface area contributed by atoms with E-state index in [0.29, 0.717) is 37.2 Å². The van der Waals surface area contributed by atoms with Crippen molar-refractivity contribution < 1.29 is 20.4 Å². The van der Waals surface area contributed by atoms with Crippen molar-refractivity contribution in [1.29, 1.82) is 0 Å². The molecule has 54 heavy (non-hydrogen) atoms. The highest BCUT2D eigenvalue weighted by molar-refractivity contribution is 5.57. The summed E-state index contributed by atoms with van der Waals surface area (Å²) in [6.45, 7) is 21.0. The van der Waals surface area contributed by atoms with Gasteiger partial charge in [0.1, 0.15) is 17.1 Å². The molecule has 0 bridgehead atoms. The Morgan fingerprint density at radius 2 is 0.907 bits per heavy atom. The first-order valence-corrected chi connectivity index (χ1v) is 20.2. The lowest BCUT2D eigenvalue weighted by Crippen LogP contribution is -2.26. The zero-order valence-electron chi connectivity index (χ0n) is 34.7. The minimum atomic E-state index is -0.909. The van der Waals surface area contributed by atoms with Gasteiger partial charge in [-0.05, 0) is 134 Å². The van der Waals surface area contributed by atoms with E-state index in [0.717, 1.165) is 42.4 Å². The van der Waals surface area contributed by atoms with E-state index in [1.54, 1.807) is 24.3 Å². The van der Waals surface area contributed by atoms with Gasteiger partial charge in [0.15, 0.2) is 0 Å². The third-order valence-corrected chi connectivity index (χ3v) is 12.3. The second-order valence-corrected chi connectivity index (χ2v) is 14.9. The zero-order chi connectivity index (χ0) is 40.2. The molecule has 0 heterocycles. The number of rotatable bonds is 14. The van der Waals surface area contributed by atoms with Crippen molar-refractivity contribution in [2.45, 2.75) is 143 Å². The van der Waals surface area contributed by atoms with E-state index in [1.807, 2.05) is 64.1 Å². The maximum Gasteiger partial charge on any atom is 0.125 e. The van der Waals surface area contributed by atoms with Crippen LogP contribution in [0.15, 0.2) is 91.0 Å². The molecule has 0 aliphatic carbocycles. The average molecular weight is 731 g/mol. The van der Waals surface area contributed by atoms with Crippen LogP contribution in [0.2, 0.25) is 0 Å². The summed E-state index contributed by atoms with van der Waals surface area (Å²) < 4.78 is 0. The van der Waals surface area contributed by atoms with Crippen molar-refractivity contribution in [3.05, 3.63) is 136 Å². The van der Waals surface area contributed by atoms with Crippen LogP contribution in [0.25, 0.3) is 6.08 Å². The maximum absolute atomic E-state index is 10.5. The molecule has 0 spiro atoms. The standard InChI is InChI=1S/C25H34O2.C25H32O2/c2*1-6-24(27,7-2)17-16-20-10-11-22(18-19(20)5)25(8-3,9-4)21-12-14-23(26)15-13-21/h10-18,26-27H,6-9H2,1-5H3;10-15,18,26-27H,6-9H2,1-5H3/b17-16+;. The Hall–Kier alpha value is -4.30. The van der Waals surface area contributed by atoms with Crippen LogP contribution in [-0.4, -0.2) is 31.6 Å². The molecular weight excluding hydrogens is 665 g/mol. The first-order chi connectivity index (χ1) is 25.7. The number of aryl methyl sites for hydroxylation is 2. The fourth-order valence-corrected chi connectivity index (χ4v) is 7.63.